The molecule has 0 spiro atoms. The lowest BCUT2D eigenvalue weighted by molar-refractivity contribution is 0.0981. The van der Waals surface area contributed by atoms with E-state index in [1.54, 1.807) is 12.3 Å². The summed E-state index contributed by atoms with van der Waals surface area (Å²) in [5.41, 5.74) is 12.4. The van der Waals surface area contributed by atoms with E-state index in [9.17, 15) is 4.79 Å². The minimum absolute atomic E-state index is 0.0264. The molecule has 1 heterocycles. The number of hydrogen-bond donors (Lipinski definition) is 2. The normalized spacial score (nSPS) is 10.1. The van der Waals surface area contributed by atoms with Crippen molar-refractivity contribution in [2.75, 3.05) is 12.3 Å². The van der Waals surface area contributed by atoms with Crippen LogP contribution in [0.3, 0.4) is 0 Å². The third kappa shape index (κ3) is 2.29. The highest BCUT2D eigenvalue weighted by Crippen LogP contribution is 2.16. The maximum atomic E-state index is 11.7. The second kappa shape index (κ2) is 4.72. The van der Waals surface area contributed by atoms with Crippen LogP contribution in [0.2, 0.25) is 0 Å². The summed E-state index contributed by atoms with van der Waals surface area (Å²) in [7, 11) is 0. The maximum absolute atomic E-state index is 11.7. The van der Waals surface area contributed by atoms with E-state index < -0.39 is 0 Å². The summed E-state index contributed by atoms with van der Waals surface area (Å²) in [6.45, 7) is 2.37. The zero-order valence-corrected chi connectivity index (χ0v) is 8.29. The molecule has 4 heteroatoms. The van der Waals surface area contributed by atoms with Crippen molar-refractivity contribution in [1.29, 1.82) is 0 Å². The molecule has 0 aliphatic carbocycles. The number of hydrogen-bond acceptors (Lipinski definition) is 4. The number of nitrogen functional groups attached to an aromatic ring is 1. The van der Waals surface area contributed by atoms with Crippen molar-refractivity contribution in [1.82, 2.24) is 4.98 Å². The van der Waals surface area contributed by atoms with Gasteiger partial charge in [0.25, 0.3) is 0 Å². The predicted molar refractivity (Wildman–Crippen MR) is 56.0 cm³/mol. The average molecular weight is 193 g/mol. The van der Waals surface area contributed by atoms with Crippen LogP contribution >= 0.6 is 0 Å². The van der Waals surface area contributed by atoms with Gasteiger partial charge >= 0.3 is 0 Å². The van der Waals surface area contributed by atoms with Gasteiger partial charge in [0.2, 0.25) is 0 Å². The minimum atomic E-state index is 0.0264. The minimum Gasteiger partial charge on any atom is -0.383 e. The fourth-order valence-electron chi connectivity index (χ4n) is 1.33. The van der Waals surface area contributed by atoms with Crippen molar-refractivity contribution in [3.05, 3.63) is 23.4 Å². The van der Waals surface area contributed by atoms with Crippen LogP contribution in [0.5, 0.6) is 0 Å². The molecule has 0 fully saturated rings. The van der Waals surface area contributed by atoms with Crippen molar-refractivity contribution in [2.24, 2.45) is 5.73 Å². The first-order chi connectivity index (χ1) is 6.66. The lowest BCUT2D eigenvalue weighted by Crippen LogP contribution is -2.10. The summed E-state index contributed by atoms with van der Waals surface area (Å²) in [6.07, 6.45) is 2.73. The molecule has 0 saturated carbocycles. The summed E-state index contributed by atoms with van der Waals surface area (Å²) in [6, 6.07) is 1.78. The van der Waals surface area contributed by atoms with E-state index >= 15 is 0 Å². The number of aromatic nitrogens is 1. The summed E-state index contributed by atoms with van der Waals surface area (Å²) >= 11 is 0. The number of aryl methyl sites for hydroxylation is 1. The number of anilines is 1. The molecule has 0 unspecified atom stereocenters. The van der Waals surface area contributed by atoms with E-state index in [0.717, 1.165) is 5.56 Å². The Labute approximate surface area is 83.3 Å². The molecule has 0 aromatic carbocycles. The Kier molecular flexibility index (Phi) is 3.59. The van der Waals surface area contributed by atoms with Gasteiger partial charge in [-0.3, -0.25) is 4.79 Å². The van der Waals surface area contributed by atoms with Crippen molar-refractivity contribution in [3.8, 4) is 0 Å². The Hall–Kier alpha value is -1.42. The molecule has 0 atom stereocenters. The first-order valence-electron chi connectivity index (χ1n) is 4.61. The van der Waals surface area contributed by atoms with Crippen LogP contribution < -0.4 is 11.5 Å². The second-order valence-corrected chi connectivity index (χ2v) is 3.20. The van der Waals surface area contributed by atoms with Crippen molar-refractivity contribution in [2.45, 2.75) is 19.8 Å². The molecule has 0 bridgehead atoms. The monoisotopic (exact) mass is 193 g/mol. The Morgan fingerprint density at radius 2 is 2.29 bits per heavy atom. The van der Waals surface area contributed by atoms with Crippen molar-refractivity contribution in [3.63, 3.8) is 0 Å². The SMILES string of the molecule is Cc1ccnc(N)c1C(=O)CCCN. The Morgan fingerprint density at radius 1 is 1.57 bits per heavy atom. The molecule has 76 valence electrons. The highest BCUT2D eigenvalue weighted by Gasteiger charge is 2.12. The summed E-state index contributed by atoms with van der Waals surface area (Å²) in [4.78, 5) is 15.6. The summed E-state index contributed by atoms with van der Waals surface area (Å²) < 4.78 is 0. The quantitative estimate of drug-likeness (QED) is 0.696. The van der Waals surface area contributed by atoms with Crippen LogP contribution in [0.1, 0.15) is 28.8 Å². The third-order valence-electron chi connectivity index (χ3n) is 2.08. The van der Waals surface area contributed by atoms with Gasteiger partial charge in [0.1, 0.15) is 5.82 Å². The highest BCUT2D eigenvalue weighted by molar-refractivity contribution is 6.01. The smallest absolute Gasteiger partial charge is 0.166 e. The fraction of sp³-hybridized carbons (Fsp3) is 0.400. The largest absolute Gasteiger partial charge is 0.383 e. The molecule has 0 aliphatic heterocycles. The summed E-state index contributed by atoms with van der Waals surface area (Å²) in [5.74, 6) is 0.338. The van der Waals surface area contributed by atoms with Gasteiger partial charge in [0.15, 0.2) is 5.78 Å². The van der Waals surface area contributed by atoms with Gasteiger partial charge in [-0.15, -0.1) is 0 Å². The molecule has 1 rings (SSSR count). The number of nitrogens with two attached hydrogens (primary N) is 2. The van der Waals surface area contributed by atoms with Crippen LogP contribution in [0.4, 0.5) is 5.82 Å². The van der Waals surface area contributed by atoms with E-state index in [-0.39, 0.29) is 5.78 Å². The molecule has 4 nitrogen and oxygen atoms in total. The number of pyridine rings is 1. The third-order valence-corrected chi connectivity index (χ3v) is 2.08. The second-order valence-electron chi connectivity index (χ2n) is 3.20. The van der Waals surface area contributed by atoms with Crippen LogP contribution in [0, 0.1) is 6.92 Å². The van der Waals surface area contributed by atoms with Gasteiger partial charge in [0, 0.05) is 12.6 Å². The number of carbonyl (C=O) groups is 1. The lowest BCUT2D eigenvalue weighted by Gasteiger charge is -2.06. The number of nitrogens with zero attached hydrogens (tertiary/aromatic N) is 1. The molecule has 0 saturated heterocycles. The first kappa shape index (κ1) is 10.7. The topological polar surface area (TPSA) is 82.0 Å². The van der Waals surface area contributed by atoms with Crippen LogP contribution in [-0.4, -0.2) is 17.3 Å². The van der Waals surface area contributed by atoms with Crippen molar-refractivity contribution < 1.29 is 4.79 Å². The molecule has 0 aliphatic rings. The Morgan fingerprint density at radius 3 is 2.86 bits per heavy atom. The van der Waals surface area contributed by atoms with Gasteiger partial charge in [-0.2, -0.15) is 0 Å². The van der Waals surface area contributed by atoms with E-state index in [4.69, 9.17) is 11.5 Å². The number of ketones is 1. The van der Waals surface area contributed by atoms with Gasteiger partial charge in [0.05, 0.1) is 5.56 Å². The molecular formula is C10H15N3O. The molecule has 1 aromatic rings. The lowest BCUT2D eigenvalue weighted by atomic mass is 10.0. The van der Waals surface area contributed by atoms with Gasteiger partial charge in [-0.25, -0.2) is 4.98 Å². The zero-order chi connectivity index (χ0) is 10.6. The summed E-state index contributed by atoms with van der Waals surface area (Å²) in [5, 5.41) is 0. The van der Waals surface area contributed by atoms with Crippen LogP contribution in [-0.2, 0) is 0 Å². The first-order valence-corrected chi connectivity index (χ1v) is 4.61. The molecule has 0 amide bonds. The average Bonchev–Trinajstić information content (AvgIpc) is 2.14. The van der Waals surface area contributed by atoms with E-state index in [1.165, 1.54) is 0 Å². The molecule has 1 aromatic heterocycles. The fourth-order valence-corrected chi connectivity index (χ4v) is 1.33. The van der Waals surface area contributed by atoms with Gasteiger partial charge in [-0.1, -0.05) is 0 Å². The van der Waals surface area contributed by atoms with E-state index in [2.05, 4.69) is 4.98 Å². The highest BCUT2D eigenvalue weighted by atomic mass is 16.1. The van der Waals surface area contributed by atoms with Crippen LogP contribution in [0.25, 0.3) is 0 Å². The number of carbonyl (C=O) groups excluding carboxylic acids is 1. The van der Waals surface area contributed by atoms with Crippen LogP contribution in [0.15, 0.2) is 12.3 Å². The van der Waals surface area contributed by atoms with Crippen molar-refractivity contribution >= 4 is 11.6 Å². The predicted octanol–water partition coefficient (Wildman–Crippen LogP) is 0.894. The Bertz CT molecular complexity index is 316. The molecule has 0 radical (unpaired) electrons. The standard InChI is InChI=1S/C10H15N3O/c1-7-4-6-13-10(12)9(7)8(14)3-2-5-11/h4,6H,2-3,5,11H2,1H3,(H2,12,13). The molecule has 4 N–H and O–H groups in total. The van der Waals surface area contributed by atoms with Gasteiger partial charge in [-0.05, 0) is 31.5 Å². The number of Topliss-reactive ketones (excluding diaryl/α,β-unsaturated/α-hetero) is 1. The zero-order valence-electron chi connectivity index (χ0n) is 8.29. The Balaban J connectivity index is 2.89. The molecule has 14 heavy (non-hydrogen) atoms. The molecular weight excluding hydrogens is 178 g/mol. The van der Waals surface area contributed by atoms with E-state index in [0.29, 0.717) is 30.8 Å². The maximum Gasteiger partial charge on any atom is 0.166 e. The van der Waals surface area contributed by atoms with E-state index in [1.807, 2.05) is 6.92 Å². The van der Waals surface area contributed by atoms with Gasteiger partial charge < -0.3 is 11.5 Å². The number of rotatable bonds is 4.